The minimum Gasteiger partial charge on any atom is -0.349 e. The predicted octanol–water partition coefficient (Wildman–Crippen LogP) is 3.52. The van der Waals surface area contributed by atoms with E-state index < -0.39 is 0 Å². The lowest BCUT2D eigenvalue weighted by atomic mass is 10.0. The van der Waals surface area contributed by atoms with Crippen molar-refractivity contribution in [2.75, 3.05) is 11.4 Å². The minimum absolute atomic E-state index is 0.426. The van der Waals surface area contributed by atoms with Gasteiger partial charge >= 0.3 is 0 Å². The Morgan fingerprint density at radius 2 is 2.29 bits per heavy atom. The molecule has 110 valence electrons. The molecule has 4 heteroatoms. The van der Waals surface area contributed by atoms with Gasteiger partial charge in [0.25, 0.3) is 0 Å². The van der Waals surface area contributed by atoms with E-state index in [0.29, 0.717) is 6.04 Å². The predicted molar refractivity (Wildman–Crippen MR) is 87.9 cm³/mol. The van der Waals surface area contributed by atoms with E-state index in [1.807, 2.05) is 17.5 Å². The summed E-state index contributed by atoms with van der Waals surface area (Å²) < 4.78 is 0. The number of fused-ring (bicyclic) bond motifs is 1. The van der Waals surface area contributed by atoms with Crippen molar-refractivity contribution in [2.24, 2.45) is 0 Å². The second-order valence-electron chi connectivity index (χ2n) is 6.06. The maximum absolute atomic E-state index is 4.70. The van der Waals surface area contributed by atoms with Crippen LogP contribution in [0.2, 0.25) is 0 Å². The average molecular weight is 299 g/mol. The van der Waals surface area contributed by atoms with Crippen LogP contribution in [0.5, 0.6) is 0 Å². The molecule has 1 aliphatic heterocycles. The maximum Gasteiger partial charge on any atom is 0.133 e. The van der Waals surface area contributed by atoms with E-state index in [9.17, 15) is 0 Å². The minimum atomic E-state index is 0.426. The topological polar surface area (TPSA) is 28.2 Å². The highest BCUT2D eigenvalue weighted by molar-refractivity contribution is 7.10. The second kappa shape index (κ2) is 5.43. The van der Waals surface area contributed by atoms with Crippen molar-refractivity contribution in [3.8, 4) is 0 Å². The molecule has 0 radical (unpaired) electrons. The number of hydrogen-bond acceptors (Lipinski definition) is 4. The highest BCUT2D eigenvalue weighted by atomic mass is 32.1. The third-order valence-electron chi connectivity index (χ3n) is 4.58. The van der Waals surface area contributed by atoms with Crippen LogP contribution in [0.4, 0.5) is 5.82 Å². The summed E-state index contributed by atoms with van der Waals surface area (Å²) >= 11 is 1.89. The standard InChI is InChI=1S/C17H21N3S/c1-12-15-7-10-21-16(15)6-9-20(12)17-13(3-2-8-18-17)11-19-14-4-5-14/h2-3,7-8,10,12,14,19H,4-6,9,11H2,1H3. The van der Waals surface area contributed by atoms with Gasteiger partial charge in [0.2, 0.25) is 0 Å². The molecule has 1 fully saturated rings. The fraction of sp³-hybridized carbons (Fsp3) is 0.471. The van der Waals surface area contributed by atoms with E-state index in [1.165, 1.54) is 24.0 Å². The molecule has 3 heterocycles. The van der Waals surface area contributed by atoms with E-state index in [2.05, 4.69) is 40.7 Å². The van der Waals surface area contributed by atoms with E-state index >= 15 is 0 Å². The SMILES string of the molecule is CC1c2ccsc2CCN1c1ncccc1CNC1CC1. The quantitative estimate of drug-likeness (QED) is 0.936. The first-order chi connectivity index (χ1) is 10.3. The highest BCUT2D eigenvalue weighted by Crippen LogP contribution is 2.36. The number of nitrogens with one attached hydrogen (secondary N) is 1. The molecule has 0 spiro atoms. The number of hydrogen-bond donors (Lipinski definition) is 1. The van der Waals surface area contributed by atoms with E-state index in [0.717, 1.165) is 31.4 Å². The number of pyridine rings is 1. The third kappa shape index (κ3) is 2.58. The summed E-state index contributed by atoms with van der Waals surface area (Å²) in [5, 5.41) is 5.84. The van der Waals surface area contributed by atoms with Gasteiger partial charge in [-0.15, -0.1) is 11.3 Å². The molecule has 0 saturated heterocycles. The molecule has 1 saturated carbocycles. The Morgan fingerprint density at radius 3 is 3.14 bits per heavy atom. The first kappa shape index (κ1) is 13.3. The summed E-state index contributed by atoms with van der Waals surface area (Å²) in [6.07, 6.45) is 5.72. The Hall–Kier alpha value is -1.39. The molecule has 1 unspecified atom stereocenters. The Balaban J connectivity index is 1.60. The zero-order valence-corrected chi connectivity index (χ0v) is 13.2. The molecule has 2 aromatic heterocycles. The molecular formula is C17H21N3S. The van der Waals surface area contributed by atoms with E-state index in [1.54, 1.807) is 4.88 Å². The van der Waals surface area contributed by atoms with Gasteiger partial charge in [-0.1, -0.05) is 6.07 Å². The van der Waals surface area contributed by atoms with Crippen molar-refractivity contribution < 1.29 is 0 Å². The Morgan fingerprint density at radius 1 is 1.38 bits per heavy atom. The van der Waals surface area contributed by atoms with Gasteiger partial charge in [-0.05, 0) is 49.3 Å². The summed E-state index contributed by atoms with van der Waals surface area (Å²) in [7, 11) is 0. The van der Waals surface area contributed by atoms with Crippen molar-refractivity contribution in [3.63, 3.8) is 0 Å². The number of anilines is 1. The largest absolute Gasteiger partial charge is 0.349 e. The third-order valence-corrected chi connectivity index (χ3v) is 5.57. The summed E-state index contributed by atoms with van der Waals surface area (Å²) in [5.74, 6) is 1.16. The lowest BCUT2D eigenvalue weighted by molar-refractivity contribution is 0.614. The van der Waals surface area contributed by atoms with Gasteiger partial charge in [0.1, 0.15) is 5.82 Å². The lowest BCUT2D eigenvalue weighted by Gasteiger charge is -2.35. The molecule has 1 N–H and O–H groups in total. The van der Waals surface area contributed by atoms with Crippen LogP contribution in [-0.4, -0.2) is 17.6 Å². The normalized spacial score (nSPS) is 21.4. The van der Waals surface area contributed by atoms with Gasteiger partial charge < -0.3 is 10.2 Å². The molecule has 2 aromatic rings. The van der Waals surface area contributed by atoms with Crippen LogP contribution in [-0.2, 0) is 13.0 Å². The molecule has 21 heavy (non-hydrogen) atoms. The Bertz CT molecular complexity index is 632. The second-order valence-corrected chi connectivity index (χ2v) is 7.06. The number of nitrogens with zero attached hydrogens (tertiary/aromatic N) is 2. The first-order valence-electron chi connectivity index (χ1n) is 7.83. The van der Waals surface area contributed by atoms with Crippen LogP contribution in [0.3, 0.4) is 0 Å². The summed E-state index contributed by atoms with van der Waals surface area (Å²) in [6, 6.07) is 7.71. The highest BCUT2D eigenvalue weighted by Gasteiger charge is 2.27. The van der Waals surface area contributed by atoms with E-state index in [-0.39, 0.29) is 0 Å². The molecule has 0 bridgehead atoms. The van der Waals surface area contributed by atoms with Crippen molar-refractivity contribution in [1.82, 2.24) is 10.3 Å². The molecule has 3 nitrogen and oxygen atoms in total. The lowest BCUT2D eigenvalue weighted by Crippen LogP contribution is -2.35. The van der Waals surface area contributed by atoms with Crippen LogP contribution < -0.4 is 10.2 Å². The van der Waals surface area contributed by atoms with Crippen molar-refractivity contribution in [3.05, 3.63) is 45.8 Å². The summed E-state index contributed by atoms with van der Waals surface area (Å²) in [4.78, 5) is 8.72. The van der Waals surface area contributed by atoms with Crippen molar-refractivity contribution >= 4 is 17.2 Å². The van der Waals surface area contributed by atoms with Gasteiger partial charge in [0, 0.05) is 35.8 Å². The van der Waals surface area contributed by atoms with Crippen LogP contribution in [0.25, 0.3) is 0 Å². The summed E-state index contributed by atoms with van der Waals surface area (Å²) in [6.45, 7) is 4.31. The van der Waals surface area contributed by atoms with Gasteiger partial charge in [-0.3, -0.25) is 0 Å². The van der Waals surface area contributed by atoms with E-state index in [4.69, 9.17) is 4.98 Å². The number of rotatable bonds is 4. The van der Waals surface area contributed by atoms with Crippen LogP contribution in [0.1, 0.15) is 41.8 Å². The van der Waals surface area contributed by atoms with Crippen LogP contribution in [0, 0.1) is 0 Å². The monoisotopic (exact) mass is 299 g/mol. The summed E-state index contributed by atoms with van der Waals surface area (Å²) in [5.41, 5.74) is 2.81. The Kier molecular flexibility index (Phi) is 3.43. The number of thiophene rings is 1. The molecule has 0 aromatic carbocycles. The van der Waals surface area contributed by atoms with Gasteiger partial charge in [-0.25, -0.2) is 4.98 Å². The van der Waals surface area contributed by atoms with Crippen LogP contribution in [0.15, 0.2) is 29.8 Å². The average Bonchev–Trinajstić information content (AvgIpc) is 3.21. The fourth-order valence-electron chi connectivity index (χ4n) is 3.17. The molecule has 4 rings (SSSR count). The molecule has 1 atom stereocenters. The molecule has 1 aliphatic carbocycles. The maximum atomic E-state index is 4.70. The Labute approximate surface area is 130 Å². The van der Waals surface area contributed by atoms with Gasteiger partial charge in [0.15, 0.2) is 0 Å². The zero-order valence-electron chi connectivity index (χ0n) is 12.4. The fourth-order valence-corrected chi connectivity index (χ4v) is 4.13. The van der Waals surface area contributed by atoms with Gasteiger partial charge in [-0.2, -0.15) is 0 Å². The van der Waals surface area contributed by atoms with Crippen molar-refractivity contribution in [2.45, 2.75) is 44.8 Å². The van der Waals surface area contributed by atoms with Crippen LogP contribution >= 0.6 is 11.3 Å². The van der Waals surface area contributed by atoms with Gasteiger partial charge in [0.05, 0.1) is 6.04 Å². The van der Waals surface area contributed by atoms with Crippen molar-refractivity contribution in [1.29, 1.82) is 0 Å². The molecule has 0 amide bonds. The zero-order chi connectivity index (χ0) is 14.2. The molecule has 2 aliphatic rings. The smallest absolute Gasteiger partial charge is 0.133 e. The number of aromatic nitrogens is 1. The first-order valence-corrected chi connectivity index (χ1v) is 8.71. The molecular weight excluding hydrogens is 278 g/mol.